The summed E-state index contributed by atoms with van der Waals surface area (Å²) in [5.74, 6) is 1.28. The molecular weight excluding hydrogens is 370 g/mol. The molecule has 2 aliphatic rings. The maximum absolute atomic E-state index is 13.1. The van der Waals surface area contributed by atoms with Gasteiger partial charge in [0.15, 0.2) is 5.65 Å². The number of nitrogens with zero attached hydrogens (tertiary/aromatic N) is 5. The Balaban J connectivity index is 1.39. The third-order valence-electron chi connectivity index (χ3n) is 5.68. The lowest BCUT2D eigenvalue weighted by molar-refractivity contribution is -0.137. The van der Waals surface area contributed by atoms with Crippen LogP contribution in [0.3, 0.4) is 0 Å². The minimum Gasteiger partial charge on any atom is -0.444 e. The Morgan fingerprint density at radius 2 is 1.83 bits per heavy atom. The van der Waals surface area contributed by atoms with E-state index >= 15 is 0 Å². The number of hydrogen-bond donors (Lipinski definition) is 0. The van der Waals surface area contributed by atoms with Gasteiger partial charge in [-0.25, -0.2) is 4.79 Å². The highest BCUT2D eigenvalue weighted by Gasteiger charge is 2.39. The standard InChI is InChI=1S/C21H29N5O3/c1-21(2,3)29-20(28)25-12-6-7-16(25)19(27)24-13-9-15(10-14-24)18-23-22-17-8-4-5-11-26(17)18/h4-5,8,11,15-16H,6-7,9-10,12-14H2,1-3H3. The molecule has 0 spiro atoms. The molecule has 0 saturated carbocycles. The summed E-state index contributed by atoms with van der Waals surface area (Å²) in [6.07, 6.45) is 4.82. The fourth-order valence-corrected chi connectivity index (χ4v) is 4.27. The molecule has 2 amide bonds. The molecule has 2 aromatic heterocycles. The molecule has 2 saturated heterocycles. The number of rotatable bonds is 2. The van der Waals surface area contributed by atoms with E-state index in [4.69, 9.17) is 4.74 Å². The fourth-order valence-electron chi connectivity index (χ4n) is 4.27. The topological polar surface area (TPSA) is 80.0 Å². The number of piperidine rings is 1. The molecule has 156 valence electrons. The Bertz CT molecular complexity index is 895. The van der Waals surface area contributed by atoms with E-state index in [2.05, 4.69) is 10.2 Å². The van der Waals surface area contributed by atoms with Crippen molar-refractivity contribution in [2.75, 3.05) is 19.6 Å². The Morgan fingerprint density at radius 3 is 2.55 bits per heavy atom. The first-order valence-corrected chi connectivity index (χ1v) is 10.4. The minimum absolute atomic E-state index is 0.0397. The van der Waals surface area contributed by atoms with Gasteiger partial charge in [0, 0.05) is 31.7 Å². The van der Waals surface area contributed by atoms with Crippen LogP contribution < -0.4 is 0 Å². The molecule has 8 nitrogen and oxygen atoms in total. The molecule has 0 N–H and O–H groups in total. The third-order valence-corrected chi connectivity index (χ3v) is 5.68. The van der Waals surface area contributed by atoms with E-state index in [9.17, 15) is 9.59 Å². The SMILES string of the molecule is CC(C)(C)OC(=O)N1CCCC1C(=O)N1CCC(c2nnc3ccccn23)CC1. The van der Waals surface area contributed by atoms with Crippen LogP contribution in [0, 0.1) is 0 Å². The summed E-state index contributed by atoms with van der Waals surface area (Å²) in [6, 6.07) is 5.47. The molecule has 1 unspecified atom stereocenters. The van der Waals surface area contributed by atoms with Crippen molar-refractivity contribution in [2.45, 2.75) is 64.0 Å². The van der Waals surface area contributed by atoms with E-state index in [-0.39, 0.29) is 11.8 Å². The van der Waals surface area contributed by atoms with Gasteiger partial charge in [-0.3, -0.25) is 14.1 Å². The molecule has 0 radical (unpaired) electrons. The largest absolute Gasteiger partial charge is 0.444 e. The van der Waals surface area contributed by atoms with Crippen molar-refractivity contribution in [3.8, 4) is 0 Å². The highest BCUT2D eigenvalue weighted by atomic mass is 16.6. The lowest BCUT2D eigenvalue weighted by Crippen LogP contribution is -2.50. The Kier molecular flexibility index (Phi) is 5.19. The lowest BCUT2D eigenvalue weighted by Gasteiger charge is -2.35. The first-order valence-electron chi connectivity index (χ1n) is 10.4. The van der Waals surface area contributed by atoms with Crippen LogP contribution in [0.4, 0.5) is 4.79 Å². The highest BCUT2D eigenvalue weighted by Crippen LogP contribution is 2.29. The predicted octanol–water partition coefficient (Wildman–Crippen LogP) is 2.83. The second-order valence-corrected chi connectivity index (χ2v) is 8.92. The third kappa shape index (κ3) is 4.06. The van der Waals surface area contributed by atoms with Crippen LogP contribution in [0.2, 0.25) is 0 Å². The van der Waals surface area contributed by atoms with E-state index < -0.39 is 17.7 Å². The van der Waals surface area contributed by atoms with Crippen molar-refractivity contribution in [3.63, 3.8) is 0 Å². The number of carbonyl (C=O) groups is 2. The van der Waals surface area contributed by atoms with Gasteiger partial charge < -0.3 is 9.64 Å². The molecule has 2 fully saturated rings. The quantitative estimate of drug-likeness (QED) is 0.776. The summed E-state index contributed by atoms with van der Waals surface area (Å²) < 4.78 is 7.53. The zero-order valence-corrected chi connectivity index (χ0v) is 17.4. The molecule has 1 atom stereocenters. The normalized spacial score (nSPS) is 21.0. The smallest absolute Gasteiger partial charge is 0.410 e. The number of fused-ring (bicyclic) bond motifs is 1. The van der Waals surface area contributed by atoms with Gasteiger partial charge in [0.05, 0.1) is 0 Å². The second kappa shape index (κ2) is 7.65. The van der Waals surface area contributed by atoms with Gasteiger partial charge in [-0.15, -0.1) is 10.2 Å². The number of carbonyl (C=O) groups excluding carboxylic acids is 2. The first kappa shape index (κ1) is 19.7. The van der Waals surface area contributed by atoms with Gasteiger partial charge in [0.1, 0.15) is 17.5 Å². The summed E-state index contributed by atoms with van der Waals surface area (Å²) in [5, 5.41) is 8.62. The maximum atomic E-state index is 13.1. The van der Waals surface area contributed by atoms with Gasteiger partial charge in [-0.1, -0.05) is 6.07 Å². The van der Waals surface area contributed by atoms with Crippen molar-refractivity contribution in [2.24, 2.45) is 0 Å². The summed E-state index contributed by atoms with van der Waals surface area (Å²) in [4.78, 5) is 29.1. The molecular formula is C21H29N5O3. The lowest BCUT2D eigenvalue weighted by atomic mass is 9.95. The number of aromatic nitrogens is 3. The van der Waals surface area contributed by atoms with Crippen molar-refractivity contribution >= 4 is 17.6 Å². The zero-order valence-electron chi connectivity index (χ0n) is 17.4. The number of ether oxygens (including phenoxy) is 1. The Morgan fingerprint density at radius 1 is 1.07 bits per heavy atom. The maximum Gasteiger partial charge on any atom is 0.410 e. The molecule has 4 rings (SSSR count). The predicted molar refractivity (Wildman–Crippen MR) is 108 cm³/mol. The van der Waals surface area contributed by atoms with Gasteiger partial charge in [-0.2, -0.15) is 0 Å². The molecule has 8 heteroatoms. The van der Waals surface area contributed by atoms with Crippen LogP contribution in [-0.2, 0) is 9.53 Å². The van der Waals surface area contributed by atoms with Crippen molar-refractivity contribution in [1.82, 2.24) is 24.4 Å². The molecule has 4 heterocycles. The van der Waals surface area contributed by atoms with Crippen LogP contribution in [0.1, 0.15) is 58.2 Å². The second-order valence-electron chi connectivity index (χ2n) is 8.92. The van der Waals surface area contributed by atoms with Crippen molar-refractivity contribution in [1.29, 1.82) is 0 Å². The van der Waals surface area contributed by atoms with E-state index in [0.717, 1.165) is 30.7 Å². The average Bonchev–Trinajstić information content (AvgIpc) is 3.33. The molecule has 0 aromatic carbocycles. The first-order chi connectivity index (χ1) is 13.8. The van der Waals surface area contributed by atoms with Crippen LogP contribution in [0.15, 0.2) is 24.4 Å². The summed E-state index contributed by atoms with van der Waals surface area (Å²) >= 11 is 0. The van der Waals surface area contributed by atoms with Crippen LogP contribution in [-0.4, -0.2) is 67.7 Å². The van der Waals surface area contributed by atoms with Crippen LogP contribution in [0.5, 0.6) is 0 Å². The number of likely N-dealkylation sites (tertiary alicyclic amines) is 2. The van der Waals surface area contributed by atoms with Gasteiger partial charge in [0.25, 0.3) is 0 Å². The fraction of sp³-hybridized carbons (Fsp3) is 0.619. The van der Waals surface area contributed by atoms with Crippen LogP contribution in [0.25, 0.3) is 5.65 Å². The summed E-state index contributed by atoms with van der Waals surface area (Å²) in [7, 11) is 0. The summed E-state index contributed by atoms with van der Waals surface area (Å²) in [5.41, 5.74) is 0.284. The number of hydrogen-bond acceptors (Lipinski definition) is 5. The van der Waals surface area contributed by atoms with Crippen molar-refractivity contribution < 1.29 is 14.3 Å². The average molecular weight is 399 g/mol. The van der Waals surface area contributed by atoms with Gasteiger partial charge in [-0.05, 0) is 58.6 Å². The monoisotopic (exact) mass is 399 g/mol. The van der Waals surface area contributed by atoms with Gasteiger partial charge in [0.2, 0.25) is 5.91 Å². The van der Waals surface area contributed by atoms with Crippen LogP contribution >= 0.6 is 0 Å². The van der Waals surface area contributed by atoms with Gasteiger partial charge >= 0.3 is 6.09 Å². The van der Waals surface area contributed by atoms with E-state index in [1.54, 1.807) is 4.90 Å². The Hall–Kier alpha value is -2.64. The van der Waals surface area contributed by atoms with Crippen molar-refractivity contribution in [3.05, 3.63) is 30.2 Å². The molecule has 29 heavy (non-hydrogen) atoms. The molecule has 0 bridgehead atoms. The molecule has 2 aliphatic heterocycles. The zero-order chi connectivity index (χ0) is 20.6. The number of amides is 2. The van der Waals surface area contributed by atoms with E-state index in [0.29, 0.717) is 26.1 Å². The highest BCUT2D eigenvalue weighted by molar-refractivity contribution is 5.86. The number of pyridine rings is 1. The van der Waals surface area contributed by atoms with E-state index in [1.807, 2.05) is 54.5 Å². The van der Waals surface area contributed by atoms with E-state index in [1.165, 1.54) is 0 Å². The summed E-state index contributed by atoms with van der Waals surface area (Å²) in [6.45, 7) is 7.45. The molecule has 0 aliphatic carbocycles. The molecule has 2 aromatic rings. The minimum atomic E-state index is -0.563. The Labute approximate surface area is 170 Å².